The minimum atomic E-state index is -3.96. The van der Waals surface area contributed by atoms with Gasteiger partial charge in [0.2, 0.25) is 0 Å². The molecule has 4 rings (SSSR count). The van der Waals surface area contributed by atoms with E-state index in [0.29, 0.717) is 17.7 Å². The van der Waals surface area contributed by atoms with Crippen LogP contribution < -0.4 is 4.72 Å². The molecule has 160 valence electrons. The van der Waals surface area contributed by atoms with Crippen LogP contribution in [-0.4, -0.2) is 30.3 Å². The van der Waals surface area contributed by atoms with Crippen LogP contribution in [0, 0.1) is 12.7 Å². The Hall–Kier alpha value is -3.26. The lowest BCUT2D eigenvalue weighted by Gasteiger charge is -2.23. The van der Waals surface area contributed by atoms with Gasteiger partial charge in [-0.25, -0.2) is 12.8 Å². The minimum absolute atomic E-state index is 0.0104. The van der Waals surface area contributed by atoms with Crippen LogP contribution >= 0.6 is 0 Å². The molecule has 1 fully saturated rings. The number of hydrogen-bond acceptors (Lipinski definition) is 4. The zero-order valence-corrected chi connectivity index (χ0v) is 17.8. The molecule has 6 nitrogen and oxygen atoms in total. The molecule has 3 aromatic rings. The van der Waals surface area contributed by atoms with Crippen molar-refractivity contribution in [2.75, 3.05) is 4.72 Å². The first-order valence-electron chi connectivity index (χ1n) is 9.93. The summed E-state index contributed by atoms with van der Waals surface area (Å²) in [5, 5.41) is 0. The molecule has 1 N–H and O–H groups in total. The highest BCUT2D eigenvalue weighted by molar-refractivity contribution is 7.92. The Balaban J connectivity index is 1.61. The number of anilines is 1. The van der Waals surface area contributed by atoms with Gasteiger partial charge in [-0.15, -0.1) is 0 Å². The van der Waals surface area contributed by atoms with E-state index >= 15 is 0 Å². The van der Waals surface area contributed by atoms with E-state index in [2.05, 4.69) is 9.71 Å². The van der Waals surface area contributed by atoms with Gasteiger partial charge in [0, 0.05) is 23.5 Å². The Kier molecular flexibility index (Phi) is 5.73. The number of aryl methyl sites for hydroxylation is 1. The highest BCUT2D eigenvalue weighted by Gasteiger charge is 2.34. The van der Waals surface area contributed by atoms with Crippen molar-refractivity contribution in [3.8, 4) is 0 Å². The second kappa shape index (κ2) is 8.47. The molecule has 31 heavy (non-hydrogen) atoms. The second-order valence-electron chi connectivity index (χ2n) is 7.58. The van der Waals surface area contributed by atoms with Crippen molar-refractivity contribution in [1.82, 2.24) is 9.88 Å². The van der Waals surface area contributed by atoms with Crippen LogP contribution in [0.3, 0.4) is 0 Å². The van der Waals surface area contributed by atoms with Crippen LogP contribution in [0.15, 0.2) is 71.8 Å². The topological polar surface area (TPSA) is 79.4 Å². The van der Waals surface area contributed by atoms with Crippen molar-refractivity contribution in [2.45, 2.75) is 37.2 Å². The maximum absolute atomic E-state index is 13.3. The Bertz CT molecular complexity index is 1190. The van der Waals surface area contributed by atoms with Gasteiger partial charge in [-0.2, -0.15) is 0 Å². The van der Waals surface area contributed by atoms with Gasteiger partial charge in [-0.3, -0.25) is 14.5 Å². The van der Waals surface area contributed by atoms with E-state index < -0.39 is 15.8 Å². The fraction of sp³-hybridized carbons (Fsp3) is 0.217. The molecular weight excluding hydrogens is 417 g/mol. The quantitative estimate of drug-likeness (QED) is 0.600. The molecule has 0 saturated heterocycles. The standard InChI is InChI=1S/C23H22FN3O3S/c1-16-5-6-17(14-22(16)31(29,30)26-19-9-7-18(24)8-10-19)23(28)27(21-11-12-21)15-20-4-2-3-13-25-20/h2-10,13-14,21,26H,11-12,15H2,1H3. The summed E-state index contributed by atoms with van der Waals surface area (Å²) in [7, 11) is -3.96. The monoisotopic (exact) mass is 439 g/mol. The van der Waals surface area contributed by atoms with Gasteiger partial charge in [0.05, 0.1) is 17.1 Å². The third-order valence-electron chi connectivity index (χ3n) is 5.13. The maximum atomic E-state index is 13.3. The van der Waals surface area contributed by atoms with E-state index in [0.717, 1.165) is 18.5 Å². The van der Waals surface area contributed by atoms with Crippen molar-refractivity contribution >= 4 is 21.6 Å². The Morgan fingerprint density at radius 2 is 1.87 bits per heavy atom. The van der Waals surface area contributed by atoms with Gasteiger partial charge in [0.25, 0.3) is 15.9 Å². The third-order valence-corrected chi connectivity index (χ3v) is 6.65. The number of nitrogens with one attached hydrogen (secondary N) is 1. The molecule has 0 unspecified atom stereocenters. The molecule has 1 saturated carbocycles. The Morgan fingerprint density at radius 3 is 2.52 bits per heavy atom. The molecular formula is C23H22FN3O3S. The number of rotatable bonds is 7. The number of hydrogen-bond donors (Lipinski definition) is 1. The van der Waals surface area contributed by atoms with Crippen molar-refractivity contribution in [3.05, 3.63) is 89.5 Å². The molecule has 1 aromatic heterocycles. The van der Waals surface area contributed by atoms with Crippen LogP contribution in [0.4, 0.5) is 10.1 Å². The number of carbonyl (C=O) groups is 1. The molecule has 0 spiro atoms. The zero-order valence-electron chi connectivity index (χ0n) is 17.0. The van der Waals surface area contributed by atoms with Crippen LogP contribution in [0.25, 0.3) is 0 Å². The van der Waals surface area contributed by atoms with Gasteiger partial charge in [-0.1, -0.05) is 12.1 Å². The first-order chi connectivity index (χ1) is 14.8. The molecule has 1 heterocycles. The van der Waals surface area contributed by atoms with Gasteiger partial charge in [0.15, 0.2) is 0 Å². The minimum Gasteiger partial charge on any atom is -0.330 e. The van der Waals surface area contributed by atoms with E-state index in [1.807, 2.05) is 18.2 Å². The zero-order chi connectivity index (χ0) is 22.0. The van der Waals surface area contributed by atoms with Crippen LogP contribution in [0.2, 0.25) is 0 Å². The second-order valence-corrected chi connectivity index (χ2v) is 9.23. The fourth-order valence-electron chi connectivity index (χ4n) is 3.34. The Morgan fingerprint density at radius 1 is 1.13 bits per heavy atom. The normalized spacial score (nSPS) is 13.6. The lowest BCUT2D eigenvalue weighted by Crippen LogP contribution is -2.33. The predicted octanol–water partition coefficient (Wildman–Crippen LogP) is 4.13. The summed E-state index contributed by atoms with van der Waals surface area (Å²) in [6, 6.07) is 15.4. The number of sulfonamides is 1. The van der Waals surface area contributed by atoms with Gasteiger partial charge >= 0.3 is 0 Å². The van der Waals surface area contributed by atoms with Crippen molar-refractivity contribution < 1.29 is 17.6 Å². The van der Waals surface area contributed by atoms with E-state index in [1.54, 1.807) is 30.2 Å². The van der Waals surface area contributed by atoms with Gasteiger partial charge in [-0.05, 0) is 73.9 Å². The first kappa shape index (κ1) is 21.0. The molecule has 1 aliphatic carbocycles. The number of nitrogens with zero attached hydrogens (tertiary/aromatic N) is 2. The van der Waals surface area contributed by atoms with Crippen LogP contribution in [-0.2, 0) is 16.6 Å². The number of pyridine rings is 1. The SMILES string of the molecule is Cc1ccc(C(=O)N(Cc2ccccn2)C2CC2)cc1S(=O)(=O)Nc1ccc(F)cc1. The third kappa shape index (κ3) is 4.91. The van der Waals surface area contributed by atoms with Crippen LogP contribution in [0.1, 0.15) is 34.5 Å². The van der Waals surface area contributed by atoms with Crippen LogP contribution in [0.5, 0.6) is 0 Å². The highest BCUT2D eigenvalue weighted by atomic mass is 32.2. The molecule has 1 amide bonds. The molecule has 0 radical (unpaired) electrons. The largest absolute Gasteiger partial charge is 0.330 e. The van der Waals surface area contributed by atoms with Crippen molar-refractivity contribution in [3.63, 3.8) is 0 Å². The van der Waals surface area contributed by atoms with Crippen molar-refractivity contribution in [1.29, 1.82) is 0 Å². The number of amides is 1. The molecule has 0 aliphatic heterocycles. The summed E-state index contributed by atoms with van der Waals surface area (Å²) < 4.78 is 41.5. The highest BCUT2D eigenvalue weighted by Crippen LogP contribution is 2.30. The summed E-state index contributed by atoms with van der Waals surface area (Å²) in [6.45, 7) is 2.04. The number of halogens is 1. The summed E-state index contributed by atoms with van der Waals surface area (Å²) in [5.74, 6) is -0.689. The fourth-order valence-corrected chi connectivity index (χ4v) is 4.67. The summed E-state index contributed by atoms with van der Waals surface area (Å²) in [5.41, 5.74) is 1.83. The number of benzene rings is 2. The molecule has 2 aromatic carbocycles. The molecule has 8 heteroatoms. The average molecular weight is 440 g/mol. The smallest absolute Gasteiger partial charge is 0.262 e. The molecule has 0 atom stereocenters. The molecule has 1 aliphatic rings. The van der Waals surface area contributed by atoms with Crippen molar-refractivity contribution in [2.24, 2.45) is 0 Å². The molecule has 0 bridgehead atoms. The van der Waals surface area contributed by atoms with E-state index in [4.69, 9.17) is 0 Å². The van der Waals surface area contributed by atoms with E-state index in [1.165, 1.54) is 30.3 Å². The number of aromatic nitrogens is 1. The maximum Gasteiger partial charge on any atom is 0.262 e. The summed E-state index contributed by atoms with van der Waals surface area (Å²) >= 11 is 0. The predicted molar refractivity (Wildman–Crippen MR) is 116 cm³/mol. The summed E-state index contributed by atoms with van der Waals surface area (Å²) in [6.07, 6.45) is 3.52. The van der Waals surface area contributed by atoms with Gasteiger partial charge < -0.3 is 4.90 Å². The lowest BCUT2D eigenvalue weighted by molar-refractivity contribution is 0.0727. The lowest BCUT2D eigenvalue weighted by atomic mass is 10.1. The van der Waals surface area contributed by atoms with Gasteiger partial charge in [0.1, 0.15) is 5.82 Å². The average Bonchev–Trinajstić information content (AvgIpc) is 3.59. The first-order valence-corrected chi connectivity index (χ1v) is 11.4. The summed E-state index contributed by atoms with van der Waals surface area (Å²) in [4.78, 5) is 19.3. The Labute approximate surface area is 180 Å². The van der Waals surface area contributed by atoms with E-state index in [-0.39, 0.29) is 22.5 Å². The van der Waals surface area contributed by atoms with E-state index in [9.17, 15) is 17.6 Å². The number of carbonyl (C=O) groups excluding carboxylic acids is 1.